The summed E-state index contributed by atoms with van der Waals surface area (Å²) in [5.74, 6) is 1.73. The number of hydrogen-bond acceptors (Lipinski definition) is 3. The quantitative estimate of drug-likeness (QED) is 0.754. The van der Waals surface area contributed by atoms with Crippen molar-refractivity contribution < 1.29 is 4.74 Å². The van der Waals surface area contributed by atoms with E-state index in [1.807, 2.05) is 24.3 Å². The van der Waals surface area contributed by atoms with Gasteiger partial charge in [-0.05, 0) is 37.4 Å². The van der Waals surface area contributed by atoms with Gasteiger partial charge in [0.2, 0.25) is 0 Å². The van der Waals surface area contributed by atoms with Gasteiger partial charge in [0, 0.05) is 13.1 Å². The first-order valence-electron chi connectivity index (χ1n) is 6.99. The molecule has 1 aromatic rings. The van der Waals surface area contributed by atoms with Gasteiger partial charge in [0.05, 0.1) is 5.69 Å². The van der Waals surface area contributed by atoms with Crippen molar-refractivity contribution in [1.29, 1.82) is 0 Å². The van der Waals surface area contributed by atoms with Crippen LogP contribution >= 0.6 is 0 Å². The van der Waals surface area contributed by atoms with Crippen molar-refractivity contribution in [3.63, 3.8) is 0 Å². The predicted octanol–water partition coefficient (Wildman–Crippen LogP) is 2.77. The first-order valence-corrected chi connectivity index (χ1v) is 6.99. The summed E-state index contributed by atoms with van der Waals surface area (Å²) in [6, 6.07) is 7.69. The fourth-order valence-corrected chi connectivity index (χ4v) is 2.32. The number of para-hydroxylation sites is 2. The summed E-state index contributed by atoms with van der Waals surface area (Å²) in [6.07, 6.45) is 4.23. The number of benzene rings is 1. The zero-order valence-electron chi connectivity index (χ0n) is 11.3. The van der Waals surface area contributed by atoms with Crippen LogP contribution in [0, 0.1) is 5.92 Å². The molecular weight excluding hydrogens is 224 g/mol. The van der Waals surface area contributed by atoms with Gasteiger partial charge in [0.1, 0.15) is 12.4 Å². The van der Waals surface area contributed by atoms with E-state index in [9.17, 15) is 0 Å². The molecule has 0 aromatic heterocycles. The highest BCUT2D eigenvalue weighted by atomic mass is 16.5. The van der Waals surface area contributed by atoms with Crippen LogP contribution in [0.25, 0.3) is 0 Å². The molecule has 0 spiro atoms. The molecule has 0 bridgehead atoms. The summed E-state index contributed by atoms with van der Waals surface area (Å²) in [4.78, 5) is 2.48. The number of anilines is 1. The van der Waals surface area contributed by atoms with E-state index in [0.29, 0.717) is 0 Å². The monoisotopic (exact) mass is 248 g/mol. The van der Waals surface area contributed by atoms with Gasteiger partial charge < -0.3 is 10.5 Å². The van der Waals surface area contributed by atoms with Crippen LogP contribution in [-0.4, -0.2) is 31.1 Å². The van der Waals surface area contributed by atoms with Crippen LogP contribution in [0.5, 0.6) is 5.75 Å². The summed E-state index contributed by atoms with van der Waals surface area (Å²) < 4.78 is 5.74. The van der Waals surface area contributed by atoms with E-state index in [2.05, 4.69) is 11.8 Å². The SMILES string of the molecule is CCN(CCOc1ccccc1N)CC1CCC1. The third-order valence-electron chi connectivity index (χ3n) is 3.77. The van der Waals surface area contributed by atoms with Crippen LogP contribution in [0.2, 0.25) is 0 Å². The smallest absolute Gasteiger partial charge is 0.142 e. The molecule has 3 heteroatoms. The Balaban J connectivity index is 1.71. The second-order valence-electron chi connectivity index (χ2n) is 5.08. The Labute approximate surface area is 110 Å². The number of rotatable bonds is 7. The lowest BCUT2D eigenvalue weighted by Gasteiger charge is -2.31. The highest BCUT2D eigenvalue weighted by Gasteiger charge is 2.19. The normalized spacial score (nSPS) is 15.7. The second-order valence-corrected chi connectivity index (χ2v) is 5.08. The minimum absolute atomic E-state index is 0.717. The maximum Gasteiger partial charge on any atom is 0.142 e. The van der Waals surface area contributed by atoms with Gasteiger partial charge in [-0.1, -0.05) is 25.5 Å². The lowest BCUT2D eigenvalue weighted by molar-refractivity contribution is 0.158. The Morgan fingerprint density at radius 2 is 2.11 bits per heavy atom. The zero-order valence-corrected chi connectivity index (χ0v) is 11.3. The Bertz CT molecular complexity index is 363. The Hall–Kier alpha value is -1.22. The summed E-state index contributed by atoms with van der Waals surface area (Å²) >= 11 is 0. The average Bonchev–Trinajstić information content (AvgIpc) is 2.33. The minimum atomic E-state index is 0.717. The number of likely N-dealkylation sites (N-methyl/N-ethyl adjacent to an activating group) is 1. The van der Waals surface area contributed by atoms with Gasteiger partial charge in [0.25, 0.3) is 0 Å². The topological polar surface area (TPSA) is 38.5 Å². The molecule has 0 radical (unpaired) electrons. The molecule has 0 aliphatic heterocycles. The van der Waals surface area contributed by atoms with Crippen LogP contribution in [-0.2, 0) is 0 Å². The summed E-state index contributed by atoms with van der Waals surface area (Å²) in [5, 5.41) is 0. The molecule has 0 heterocycles. The van der Waals surface area contributed by atoms with Gasteiger partial charge >= 0.3 is 0 Å². The molecule has 3 nitrogen and oxygen atoms in total. The first kappa shape index (κ1) is 13.2. The third kappa shape index (κ3) is 3.64. The summed E-state index contributed by atoms with van der Waals surface area (Å²) in [5.41, 5.74) is 6.56. The molecule has 1 aromatic carbocycles. The summed E-state index contributed by atoms with van der Waals surface area (Å²) in [6.45, 7) is 6.25. The highest BCUT2D eigenvalue weighted by Crippen LogP contribution is 2.27. The molecule has 0 atom stereocenters. The molecule has 1 saturated carbocycles. The first-order chi connectivity index (χ1) is 8.79. The lowest BCUT2D eigenvalue weighted by Crippen LogP contribution is -2.35. The van der Waals surface area contributed by atoms with Crippen molar-refractivity contribution in [1.82, 2.24) is 4.90 Å². The van der Waals surface area contributed by atoms with E-state index in [-0.39, 0.29) is 0 Å². The molecule has 1 aliphatic carbocycles. The van der Waals surface area contributed by atoms with Gasteiger partial charge in [0.15, 0.2) is 0 Å². The van der Waals surface area contributed by atoms with Crippen LogP contribution < -0.4 is 10.5 Å². The second kappa shape index (κ2) is 6.64. The molecule has 2 N–H and O–H groups in total. The van der Waals surface area contributed by atoms with Crippen LogP contribution in [0.15, 0.2) is 24.3 Å². The standard InChI is InChI=1S/C15H24N2O/c1-2-17(12-13-6-5-7-13)10-11-18-15-9-4-3-8-14(15)16/h3-4,8-9,13H,2,5-7,10-12,16H2,1H3. The van der Waals surface area contributed by atoms with Crippen LogP contribution in [0.1, 0.15) is 26.2 Å². The van der Waals surface area contributed by atoms with E-state index in [1.54, 1.807) is 0 Å². The average molecular weight is 248 g/mol. The molecular formula is C15H24N2O. The fourth-order valence-electron chi connectivity index (χ4n) is 2.32. The lowest BCUT2D eigenvalue weighted by atomic mass is 9.85. The third-order valence-corrected chi connectivity index (χ3v) is 3.77. The molecule has 1 fully saturated rings. The van der Waals surface area contributed by atoms with E-state index in [4.69, 9.17) is 10.5 Å². The molecule has 0 unspecified atom stereocenters. The highest BCUT2D eigenvalue weighted by molar-refractivity contribution is 5.51. The van der Waals surface area contributed by atoms with E-state index in [1.165, 1.54) is 25.8 Å². The zero-order chi connectivity index (χ0) is 12.8. The predicted molar refractivity (Wildman–Crippen MR) is 75.8 cm³/mol. The van der Waals surface area contributed by atoms with E-state index in [0.717, 1.165) is 37.1 Å². The molecule has 18 heavy (non-hydrogen) atoms. The molecule has 100 valence electrons. The molecule has 2 rings (SSSR count). The summed E-state index contributed by atoms with van der Waals surface area (Å²) in [7, 11) is 0. The maximum atomic E-state index is 5.84. The van der Waals surface area contributed by atoms with E-state index < -0.39 is 0 Å². The fraction of sp³-hybridized carbons (Fsp3) is 0.600. The molecule has 1 aliphatic rings. The number of nitrogen functional groups attached to an aromatic ring is 1. The maximum absolute atomic E-state index is 5.84. The Morgan fingerprint density at radius 3 is 2.72 bits per heavy atom. The van der Waals surface area contributed by atoms with Crippen molar-refractivity contribution in [2.45, 2.75) is 26.2 Å². The molecule has 0 saturated heterocycles. The van der Waals surface area contributed by atoms with Gasteiger partial charge in [-0.25, -0.2) is 0 Å². The van der Waals surface area contributed by atoms with Crippen LogP contribution in [0.3, 0.4) is 0 Å². The van der Waals surface area contributed by atoms with Crippen molar-refractivity contribution in [2.75, 3.05) is 32.0 Å². The van der Waals surface area contributed by atoms with Gasteiger partial charge in [-0.3, -0.25) is 4.90 Å². The largest absolute Gasteiger partial charge is 0.490 e. The number of nitrogens with zero attached hydrogens (tertiary/aromatic N) is 1. The number of hydrogen-bond donors (Lipinski definition) is 1. The number of nitrogens with two attached hydrogens (primary N) is 1. The Morgan fingerprint density at radius 1 is 1.33 bits per heavy atom. The number of ether oxygens (including phenoxy) is 1. The Kier molecular flexibility index (Phi) is 4.88. The molecule has 0 amide bonds. The van der Waals surface area contributed by atoms with Gasteiger partial charge in [-0.15, -0.1) is 0 Å². The van der Waals surface area contributed by atoms with Crippen molar-refractivity contribution in [2.24, 2.45) is 5.92 Å². The van der Waals surface area contributed by atoms with Crippen molar-refractivity contribution in [3.8, 4) is 5.75 Å². The van der Waals surface area contributed by atoms with Crippen molar-refractivity contribution >= 4 is 5.69 Å². The van der Waals surface area contributed by atoms with E-state index >= 15 is 0 Å². The minimum Gasteiger partial charge on any atom is -0.490 e. The van der Waals surface area contributed by atoms with Crippen molar-refractivity contribution in [3.05, 3.63) is 24.3 Å². The van der Waals surface area contributed by atoms with Gasteiger partial charge in [-0.2, -0.15) is 0 Å². The van der Waals surface area contributed by atoms with Crippen LogP contribution in [0.4, 0.5) is 5.69 Å².